The molecule has 5 nitrogen and oxygen atoms in total. The van der Waals surface area contributed by atoms with Gasteiger partial charge in [-0.1, -0.05) is 18.2 Å². The van der Waals surface area contributed by atoms with Crippen LogP contribution in [0.25, 0.3) is 6.08 Å². The number of esters is 1. The van der Waals surface area contributed by atoms with Gasteiger partial charge in [-0.2, -0.15) is 0 Å². The van der Waals surface area contributed by atoms with E-state index in [1.807, 2.05) is 24.3 Å². The van der Waals surface area contributed by atoms with Crippen molar-refractivity contribution in [3.05, 3.63) is 35.9 Å². The first-order chi connectivity index (χ1) is 9.11. The first-order valence-corrected chi connectivity index (χ1v) is 5.64. The van der Waals surface area contributed by atoms with E-state index in [2.05, 4.69) is 4.74 Å². The molecule has 0 aromatic heterocycles. The lowest BCUT2D eigenvalue weighted by molar-refractivity contribution is -0.207. The van der Waals surface area contributed by atoms with Crippen LogP contribution in [0.5, 0.6) is 5.75 Å². The van der Waals surface area contributed by atoms with Gasteiger partial charge in [-0.25, -0.2) is 4.79 Å². The topological polar surface area (TPSA) is 54.0 Å². The molecular formula is C14H18O5. The van der Waals surface area contributed by atoms with E-state index in [1.54, 1.807) is 13.2 Å². The van der Waals surface area contributed by atoms with Crippen LogP contribution in [-0.4, -0.2) is 40.2 Å². The number of carbonyl (C=O) groups excluding carboxylic acids is 1. The molecule has 0 atom stereocenters. The van der Waals surface area contributed by atoms with Gasteiger partial charge in [0.05, 0.1) is 14.2 Å². The van der Waals surface area contributed by atoms with Crippen molar-refractivity contribution in [2.45, 2.75) is 5.79 Å². The lowest BCUT2D eigenvalue weighted by Crippen LogP contribution is -2.41. The fourth-order valence-electron chi connectivity index (χ4n) is 1.52. The van der Waals surface area contributed by atoms with Crippen LogP contribution in [0.15, 0.2) is 30.3 Å². The number of hydrogen-bond acceptors (Lipinski definition) is 5. The third-order valence-electron chi connectivity index (χ3n) is 2.69. The molecule has 0 N–H and O–H groups in total. The minimum atomic E-state index is -1.53. The van der Waals surface area contributed by atoms with Gasteiger partial charge in [0, 0.05) is 14.2 Å². The fraction of sp³-hybridized carbons (Fsp3) is 0.357. The van der Waals surface area contributed by atoms with Gasteiger partial charge < -0.3 is 18.9 Å². The first-order valence-electron chi connectivity index (χ1n) is 5.64. The van der Waals surface area contributed by atoms with Crippen LogP contribution in [0.1, 0.15) is 5.56 Å². The van der Waals surface area contributed by atoms with Crippen LogP contribution >= 0.6 is 0 Å². The highest BCUT2D eigenvalue weighted by molar-refractivity contribution is 5.81. The molecule has 0 bridgehead atoms. The van der Waals surface area contributed by atoms with Crippen molar-refractivity contribution in [3.8, 4) is 5.75 Å². The lowest BCUT2D eigenvalue weighted by atomic mass is 10.1. The van der Waals surface area contributed by atoms with E-state index in [0.717, 1.165) is 11.3 Å². The molecule has 1 aromatic rings. The Morgan fingerprint density at radius 2 is 1.63 bits per heavy atom. The Bertz CT molecular complexity index is 432. The van der Waals surface area contributed by atoms with Crippen LogP contribution in [0.3, 0.4) is 0 Å². The van der Waals surface area contributed by atoms with Crippen LogP contribution in [0.2, 0.25) is 0 Å². The summed E-state index contributed by atoms with van der Waals surface area (Å²) in [5, 5.41) is 0. The maximum atomic E-state index is 11.7. The van der Waals surface area contributed by atoms with E-state index >= 15 is 0 Å². The van der Waals surface area contributed by atoms with Gasteiger partial charge in [0.25, 0.3) is 5.79 Å². The zero-order valence-electron chi connectivity index (χ0n) is 11.5. The molecule has 0 aliphatic carbocycles. The molecule has 19 heavy (non-hydrogen) atoms. The molecule has 5 heteroatoms. The molecule has 0 spiro atoms. The summed E-state index contributed by atoms with van der Waals surface area (Å²) in [6.07, 6.45) is 3.21. The molecular weight excluding hydrogens is 248 g/mol. The Labute approximate surface area is 112 Å². The average molecular weight is 266 g/mol. The highest BCUT2D eigenvalue weighted by Gasteiger charge is 2.37. The van der Waals surface area contributed by atoms with Crippen molar-refractivity contribution in [1.82, 2.24) is 0 Å². The van der Waals surface area contributed by atoms with Crippen molar-refractivity contribution in [1.29, 1.82) is 0 Å². The van der Waals surface area contributed by atoms with Gasteiger partial charge in [0.15, 0.2) is 0 Å². The highest BCUT2D eigenvalue weighted by Crippen LogP contribution is 2.19. The fourth-order valence-corrected chi connectivity index (χ4v) is 1.52. The first kappa shape index (κ1) is 15.2. The van der Waals surface area contributed by atoms with Gasteiger partial charge in [-0.15, -0.1) is 0 Å². The Morgan fingerprint density at radius 3 is 2.05 bits per heavy atom. The zero-order chi connectivity index (χ0) is 14.3. The molecule has 0 aliphatic rings. The Hall–Kier alpha value is -1.85. The largest absolute Gasteiger partial charge is 0.497 e. The van der Waals surface area contributed by atoms with Crippen molar-refractivity contribution >= 4 is 12.0 Å². The average Bonchev–Trinajstić information content (AvgIpc) is 2.49. The zero-order valence-corrected chi connectivity index (χ0v) is 11.5. The van der Waals surface area contributed by atoms with E-state index in [4.69, 9.17) is 14.2 Å². The standard InChI is InChI=1S/C14H18O5/c1-16-12-7-5-11(6-8-12)9-10-14(18-3,19-4)13(15)17-2/h5-10H,1-4H3/b10-9+. The Kier molecular flexibility index (Phi) is 5.54. The van der Waals surface area contributed by atoms with E-state index in [0.29, 0.717) is 0 Å². The summed E-state index contributed by atoms with van der Waals surface area (Å²) in [5.41, 5.74) is 0.878. The van der Waals surface area contributed by atoms with Crippen LogP contribution < -0.4 is 4.74 Å². The van der Waals surface area contributed by atoms with Crippen molar-refractivity contribution < 1.29 is 23.7 Å². The number of rotatable bonds is 6. The van der Waals surface area contributed by atoms with E-state index in [9.17, 15) is 4.79 Å². The number of ether oxygens (including phenoxy) is 4. The summed E-state index contributed by atoms with van der Waals surface area (Å²) in [6, 6.07) is 7.34. The van der Waals surface area contributed by atoms with Gasteiger partial charge in [-0.3, -0.25) is 0 Å². The summed E-state index contributed by atoms with van der Waals surface area (Å²) >= 11 is 0. The Balaban J connectivity index is 2.94. The van der Waals surface area contributed by atoms with Crippen LogP contribution in [0, 0.1) is 0 Å². The van der Waals surface area contributed by atoms with E-state index in [1.165, 1.54) is 27.4 Å². The maximum Gasteiger partial charge on any atom is 0.371 e. The molecule has 0 heterocycles. The van der Waals surface area contributed by atoms with Gasteiger partial charge in [0.1, 0.15) is 5.75 Å². The smallest absolute Gasteiger partial charge is 0.371 e. The minimum absolute atomic E-state index is 0.623. The quantitative estimate of drug-likeness (QED) is 0.581. The third kappa shape index (κ3) is 3.56. The summed E-state index contributed by atoms with van der Waals surface area (Å²) in [4.78, 5) is 11.7. The molecule has 0 aliphatic heterocycles. The Morgan fingerprint density at radius 1 is 1.05 bits per heavy atom. The lowest BCUT2D eigenvalue weighted by Gasteiger charge is -2.23. The van der Waals surface area contributed by atoms with Gasteiger partial charge in [0.2, 0.25) is 0 Å². The second-order valence-corrected chi connectivity index (χ2v) is 3.67. The van der Waals surface area contributed by atoms with E-state index < -0.39 is 11.8 Å². The second-order valence-electron chi connectivity index (χ2n) is 3.67. The maximum absolute atomic E-state index is 11.7. The number of benzene rings is 1. The van der Waals surface area contributed by atoms with Crippen molar-refractivity contribution in [2.24, 2.45) is 0 Å². The van der Waals surface area contributed by atoms with Crippen LogP contribution in [0.4, 0.5) is 0 Å². The predicted molar refractivity (Wildman–Crippen MR) is 70.8 cm³/mol. The number of methoxy groups -OCH3 is 4. The number of carbonyl (C=O) groups is 1. The van der Waals surface area contributed by atoms with Crippen molar-refractivity contribution in [2.75, 3.05) is 28.4 Å². The molecule has 0 radical (unpaired) electrons. The summed E-state index contributed by atoms with van der Waals surface area (Å²) in [6.45, 7) is 0. The molecule has 104 valence electrons. The molecule has 0 amide bonds. The molecule has 0 saturated heterocycles. The summed E-state index contributed by atoms with van der Waals surface area (Å²) in [5.74, 6) is -1.40. The molecule has 0 saturated carbocycles. The van der Waals surface area contributed by atoms with Crippen LogP contribution in [-0.2, 0) is 19.0 Å². The SMILES string of the molecule is COC(=O)C(/C=C/c1ccc(OC)cc1)(OC)OC. The normalized spacial score (nSPS) is 11.6. The molecule has 0 fully saturated rings. The molecule has 0 unspecified atom stereocenters. The third-order valence-corrected chi connectivity index (χ3v) is 2.69. The number of hydrogen-bond donors (Lipinski definition) is 0. The second kappa shape index (κ2) is 6.92. The van der Waals surface area contributed by atoms with E-state index in [-0.39, 0.29) is 0 Å². The van der Waals surface area contributed by atoms with Gasteiger partial charge in [-0.05, 0) is 23.8 Å². The summed E-state index contributed by atoms with van der Waals surface area (Å²) in [7, 11) is 5.62. The predicted octanol–water partition coefficient (Wildman–Crippen LogP) is 1.87. The minimum Gasteiger partial charge on any atom is -0.497 e. The monoisotopic (exact) mass is 266 g/mol. The van der Waals surface area contributed by atoms with Crippen molar-refractivity contribution in [3.63, 3.8) is 0 Å². The summed E-state index contributed by atoms with van der Waals surface area (Å²) < 4.78 is 19.9. The molecule has 1 rings (SSSR count). The van der Waals surface area contributed by atoms with Gasteiger partial charge >= 0.3 is 5.97 Å². The molecule has 1 aromatic carbocycles. The highest BCUT2D eigenvalue weighted by atomic mass is 16.7.